The number of fused-ring (bicyclic) bond motifs is 1. The van der Waals surface area contributed by atoms with Gasteiger partial charge in [0, 0.05) is 36.6 Å². The van der Waals surface area contributed by atoms with Crippen LogP contribution in [0.1, 0.15) is 65.9 Å². The fourth-order valence-corrected chi connectivity index (χ4v) is 6.76. The molecule has 0 spiro atoms. The Morgan fingerprint density at radius 3 is 2.05 bits per heavy atom. The number of aromatic nitrogens is 1. The lowest BCUT2D eigenvalue weighted by molar-refractivity contribution is -0.144. The number of benzene rings is 1. The molecule has 1 aromatic carbocycles. The molecule has 63 heavy (non-hydrogen) atoms. The third-order valence-electron chi connectivity index (χ3n) is 10.5. The summed E-state index contributed by atoms with van der Waals surface area (Å²) >= 11 is 0. The highest BCUT2D eigenvalue weighted by Crippen LogP contribution is 2.21. The number of carbonyl (C=O) groups excluding carboxylic acids is 7. The summed E-state index contributed by atoms with van der Waals surface area (Å²) in [5.41, 5.74) is 18.2. The number of aliphatic hydroxyl groups is 2. The summed E-state index contributed by atoms with van der Waals surface area (Å²) in [6.45, 7) is 6.56. The van der Waals surface area contributed by atoms with Gasteiger partial charge in [-0.2, -0.15) is 0 Å². The maximum absolute atomic E-state index is 14.2. The summed E-state index contributed by atoms with van der Waals surface area (Å²) in [6, 6.07) is -3.21. The van der Waals surface area contributed by atoms with Crippen molar-refractivity contribution in [2.45, 2.75) is 121 Å². The molecular formula is C40H62N12O11. The molecule has 16 N–H and O–H groups in total. The summed E-state index contributed by atoms with van der Waals surface area (Å²) in [5.74, 6) is -7.50. The van der Waals surface area contributed by atoms with E-state index in [0.717, 1.165) is 10.9 Å². The lowest BCUT2D eigenvalue weighted by Crippen LogP contribution is -2.60. The van der Waals surface area contributed by atoms with Gasteiger partial charge in [0.15, 0.2) is 5.96 Å². The smallest absolute Gasteiger partial charge is 0.325 e. The maximum Gasteiger partial charge on any atom is 0.325 e. The average Bonchev–Trinajstić information content (AvgIpc) is 3.89. The number of para-hydroxylation sites is 1. The quantitative estimate of drug-likeness (QED) is 0.0289. The molecule has 0 unspecified atom stereocenters. The zero-order chi connectivity index (χ0) is 47.1. The van der Waals surface area contributed by atoms with Crippen molar-refractivity contribution in [2.24, 2.45) is 28.1 Å². The van der Waals surface area contributed by atoms with Crippen molar-refractivity contribution in [1.82, 2.24) is 41.8 Å². The minimum atomic E-state index is -1.54. The molecule has 0 radical (unpaired) electrons. The van der Waals surface area contributed by atoms with Crippen LogP contribution >= 0.6 is 0 Å². The maximum atomic E-state index is 14.2. The van der Waals surface area contributed by atoms with E-state index in [0.29, 0.717) is 12.0 Å². The normalized spacial score (nSPS) is 17.5. The van der Waals surface area contributed by atoms with E-state index in [1.165, 1.54) is 25.7 Å². The summed E-state index contributed by atoms with van der Waals surface area (Å²) in [5, 5.41) is 45.1. The van der Waals surface area contributed by atoms with E-state index in [-0.39, 0.29) is 50.7 Å². The Hall–Kier alpha value is -6.33. The van der Waals surface area contributed by atoms with Gasteiger partial charge in [0.2, 0.25) is 41.4 Å². The number of carboxylic acid groups (broad SMARTS) is 1. The summed E-state index contributed by atoms with van der Waals surface area (Å²) in [6.07, 6.45) is 0.792. The van der Waals surface area contributed by atoms with Crippen molar-refractivity contribution in [3.05, 3.63) is 36.0 Å². The molecule has 3 rings (SSSR count). The van der Waals surface area contributed by atoms with E-state index in [9.17, 15) is 48.6 Å². The Kier molecular flexibility index (Phi) is 19.2. The van der Waals surface area contributed by atoms with Gasteiger partial charge in [-0.3, -0.25) is 43.3 Å². The van der Waals surface area contributed by atoms with Crippen LogP contribution in [0.2, 0.25) is 0 Å². The molecule has 2 heterocycles. The van der Waals surface area contributed by atoms with E-state index < -0.39 is 108 Å². The first-order valence-corrected chi connectivity index (χ1v) is 20.7. The molecule has 1 aliphatic heterocycles. The van der Waals surface area contributed by atoms with Crippen LogP contribution in [0.4, 0.5) is 0 Å². The zero-order valence-corrected chi connectivity index (χ0v) is 36.1. The fraction of sp³-hybridized carbons (Fsp3) is 0.575. The molecule has 23 heteroatoms. The van der Waals surface area contributed by atoms with Gasteiger partial charge in [0.1, 0.15) is 42.3 Å². The Morgan fingerprint density at radius 2 is 1.43 bits per heavy atom. The van der Waals surface area contributed by atoms with Crippen LogP contribution in [0.3, 0.4) is 0 Å². The molecule has 2 aromatic rings. The highest BCUT2D eigenvalue weighted by molar-refractivity contribution is 5.98. The molecule has 0 bridgehead atoms. The van der Waals surface area contributed by atoms with Gasteiger partial charge in [0.05, 0.1) is 18.8 Å². The Balaban J connectivity index is 1.84. The van der Waals surface area contributed by atoms with Gasteiger partial charge in [-0.05, 0) is 64.0 Å². The van der Waals surface area contributed by atoms with Crippen molar-refractivity contribution in [3.63, 3.8) is 0 Å². The minimum absolute atomic E-state index is 0.0521. The average molecular weight is 887 g/mol. The van der Waals surface area contributed by atoms with Gasteiger partial charge < -0.3 is 74.3 Å². The van der Waals surface area contributed by atoms with Crippen LogP contribution in [0.15, 0.2) is 35.5 Å². The first-order valence-electron chi connectivity index (χ1n) is 20.7. The Morgan fingerprint density at radius 1 is 0.825 bits per heavy atom. The number of likely N-dealkylation sites (tertiary alicyclic amines) is 1. The number of amides is 7. The number of nitrogens with one attached hydrogen (secondary N) is 7. The molecule has 1 aromatic heterocycles. The number of aliphatic carboxylic acids is 1. The lowest BCUT2D eigenvalue weighted by Gasteiger charge is -2.30. The molecule has 0 saturated carbocycles. The van der Waals surface area contributed by atoms with Crippen LogP contribution in [0.5, 0.6) is 0 Å². The van der Waals surface area contributed by atoms with Crippen LogP contribution in [0.25, 0.3) is 10.9 Å². The third kappa shape index (κ3) is 14.6. The van der Waals surface area contributed by atoms with Crippen molar-refractivity contribution >= 4 is 64.2 Å². The van der Waals surface area contributed by atoms with E-state index in [2.05, 4.69) is 41.9 Å². The van der Waals surface area contributed by atoms with E-state index >= 15 is 0 Å². The molecule has 1 fully saturated rings. The Bertz CT molecular complexity index is 1990. The number of carbonyl (C=O) groups is 8. The largest absolute Gasteiger partial charge is 0.480 e. The number of aliphatic hydroxyl groups excluding tert-OH is 2. The van der Waals surface area contributed by atoms with Gasteiger partial charge >= 0.3 is 5.97 Å². The number of hydrogen-bond acceptors (Lipinski definition) is 12. The zero-order valence-electron chi connectivity index (χ0n) is 36.1. The predicted octanol–water partition coefficient (Wildman–Crippen LogP) is -3.86. The number of nitrogens with two attached hydrogens (primary N) is 3. The lowest BCUT2D eigenvalue weighted by atomic mass is 10.0. The second kappa shape index (κ2) is 23.8. The van der Waals surface area contributed by atoms with Crippen LogP contribution < -0.4 is 49.1 Å². The van der Waals surface area contributed by atoms with Gasteiger partial charge in [-0.15, -0.1) is 0 Å². The molecule has 0 aliphatic carbocycles. The first kappa shape index (κ1) is 51.0. The number of guanidine groups is 1. The monoisotopic (exact) mass is 886 g/mol. The van der Waals surface area contributed by atoms with Crippen LogP contribution in [-0.4, -0.2) is 153 Å². The van der Waals surface area contributed by atoms with E-state index in [4.69, 9.17) is 22.3 Å². The summed E-state index contributed by atoms with van der Waals surface area (Å²) in [7, 11) is 0. The SMILES string of the molecule is CC(C)[C@H](N)C(=O)N[C@@H](CO)C(=O)N[C@@H](Cc1c[nH]c2ccccc12)C(=O)N[C@@H](CCCN=C(N)N)C(=O)N[C@@H](C)C(=O)N1CCC[C@H]1C(=O)N[C@H](C(=O)N[C@@H](C)C(=O)O)[C@@H](C)O. The predicted molar refractivity (Wildman–Crippen MR) is 229 cm³/mol. The third-order valence-corrected chi connectivity index (χ3v) is 10.5. The van der Waals surface area contributed by atoms with Gasteiger partial charge in [-0.25, -0.2) is 0 Å². The van der Waals surface area contributed by atoms with Crippen LogP contribution in [0, 0.1) is 5.92 Å². The number of aromatic amines is 1. The first-order chi connectivity index (χ1) is 29.7. The van der Waals surface area contributed by atoms with Crippen molar-refractivity contribution in [1.29, 1.82) is 0 Å². The number of hydrogen-bond donors (Lipinski definition) is 13. The molecule has 23 nitrogen and oxygen atoms in total. The molecule has 9 atom stereocenters. The topological polar surface area (TPSA) is 379 Å². The summed E-state index contributed by atoms with van der Waals surface area (Å²) < 4.78 is 0. The molecule has 348 valence electrons. The van der Waals surface area contributed by atoms with Crippen molar-refractivity contribution < 1.29 is 53.7 Å². The second-order valence-corrected chi connectivity index (χ2v) is 15.9. The van der Waals surface area contributed by atoms with Gasteiger partial charge in [0.25, 0.3) is 0 Å². The molecular weight excluding hydrogens is 825 g/mol. The van der Waals surface area contributed by atoms with Crippen LogP contribution in [-0.2, 0) is 44.8 Å². The molecule has 1 saturated heterocycles. The number of carboxylic acids is 1. The summed E-state index contributed by atoms with van der Waals surface area (Å²) in [4.78, 5) is 114. The molecule has 7 amide bonds. The van der Waals surface area contributed by atoms with Crippen molar-refractivity contribution in [2.75, 3.05) is 19.7 Å². The highest BCUT2D eigenvalue weighted by Gasteiger charge is 2.40. The Labute approximate surface area is 364 Å². The van der Waals surface area contributed by atoms with E-state index in [1.54, 1.807) is 32.2 Å². The molecule has 1 aliphatic rings. The standard InChI is InChI=1S/C40H62N12O11/c1-19(2)30(41)36(59)50-28(18-53)34(57)49-27(16-23-17-45-25-11-7-6-10-24(23)25)33(56)48-26(12-8-14-44-40(42)43)32(55)46-20(3)38(61)52-15-9-13-29(52)35(58)51-31(22(5)54)37(60)47-21(4)39(62)63/h6-7,10-11,17,19-22,26-31,45,53-54H,8-9,12-16,18,41H2,1-5H3,(H,46,55)(H,47,60)(H,48,56)(H,49,57)(H,50,59)(H,51,58)(H,62,63)(H4,42,43,44)/t20-,21-,22+,26-,27-,28-,29-,30-,31-/m0/s1. The minimum Gasteiger partial charge on any atom is -0.480 e. The van der Waals surface area contributed by atoms with E-state index in [1.807, 2.05) is 12.1 Å². The highest BCUT2D eigenvalue weighted by atomic mass is 16.4. The van der Waals surface area contributed by atoms with Crippen molar-refractivity contribution in [3.8, 4) is 0 Å². The number of rotatable bonds is 23. The van der Waals surface area contributed by atoms with Gasteiger partial charge in [-0.1, -0.05) is 32.0 Å². The number of H-pyrrole nitrogens is 1. The number of nitrogens with zero attached hydrogens (tertiary/aromatic N) is 2. The number of aliphatic imine (C=N–C) groups is 1. The fourth-order valence-electron chi connectivity index (χ4n) is 6.76. The second-order valence-electron chi connectivity index (χ2n) is 15.9.